The zero-order valence-corrected chi connectivity index (χ0v) is 12.6. The highest BCUT2D eigenvalue weighted by atomic mass is 16.4. The van der Waals surface area contributed by atoms with Gasteiger partial charge >= 0.3 is 0 Å². The quantitative estimate of drug-likeness (QED) is 0.802. The fourth-order valence-electron chi connectivity index (χ4n) is 2.96. The molecule has 1 aromatic carbocycles. The monoisotopic (exact) mass is 311 g/mol. The van der Waals surface area contributed by atoms with Crippen LogP contribution in [0.5, 0.6) is 0 Å². The molecule has 3 heterocycles. The first-order chi connectivity index (χ1) is 11.3. The molecule has 0 spiro atoms. The minimum atomic E-state index is -0.252. The van der Waals surface area contributed by atoms with Gasteiger partial charge in [0.2, 0.25) is 5.91 Å². The standard InChI is InChI=1S/C17H17N3O3/c21-16(18-11-12-5-4-10-22-12)14-7-3-9-20(14)17-19-13-6-1-2-8-15(13)23-17/h1-2,4-6,8,10,14H,3,7,9,11H2,(H,18,21)/t14-/m1/s1. The Labute approximate surface area is 133 Å². The number of oxazole rings is 1. The molecule has 1 atom stereocenters. The van der Waals surface area contributed by atoms with E-state index in [1.807, 2.05) is 41.3 Å². The summed E-state index contributed by atoms with van der Waals surface area (Å²) in [6.07, 6.45) is 3.34. The van der Waals surface area contributed by atoms with Crippen LogP contribution in [-0.2, 0) is 11.3 Å². The number of nitrogens with one attached hydrogen (secondary N) is 1. The van der Waals surface area contributed by atoms with Gasteiger partial charge in [-0.05, 0) is 37.1 Å². The van der Waals surface area contributed by atoms with Crippen molar-refractivity contribution >= 4 is 23.0 Å². The Balaban J connectivity index is 1.50. The minimum Gasteiger partial charge on any atom is -0.467 e. The molecule has 1 fully saturated rings. The molecule has 2 aromatic heterocycles. The van der Waals surface area contributed by atoms with E-state index in [4.69, 9.17) is 8.83 Å². The van der Waals surface area contributed by atoms with E-state index in [-0.39, 0.29) is 11.9 Å². The number of carbonyl (C=O) groups excluding carboxylic acids is 1. The van der Waals surface area contributed by atoms with Crippen LogP contribution in [0.4, 0.5) is 6.01 Å². The number of aromatic nitrogens is 1. The summed E-state index contributed by atoms with van der Waals surface area (Å²) in [4.78, 5) is 18.9. The summed E-state index contributed by atoms with van der Waals surface area (Å²) in [6.45, 7) is 1.16. The fourth-order valence-corrected chi connectivity index (χ4v) is 2.96. The van der Waals surface area contributed by atoms with E-state index in [0.717, 1.165) is 36.2 Å². The molecule has 0 saturated carbocycles. The van der Waals surface area contributed by atoms with E-state index in [1.165, 1.54) is 0 Å². The van der Waals surface area contributed by atoms with Crippen molar-refractivity contribution in [1.82, 2.24) is 10.3 Å². The molecule has 23 heavy (non-hydrogen) atoms. The predicted octanol–water partition coefficient (Wildman–Crippen LogP) is 2.71. The van der Waals surface area contributed by atoms with Gasteiger partial charge in [0.25, 0.3) is 6.01 Å². The van der Waals surface area contributed by atoms with Crippen molar-refractivity contribution in [1.29, 1.82) is 0 Å². The van der Waals surface area contributed by atoms with Gasteiger partial charge in [-0.25, -0.2) is 0 Å². The topological polar surface area (TPSA) is 71.5 Å². The third-order valence-corrected chi connectivity index (χ3v) is 4.10. The molecule has 6 heteroatoms. The van der Waals surface area contributed by atoms with Crippen molar-refractivity contribution in [2.24, 2.45) is 0 Å². The lowest BCUT2D eigenvalue weighted by Crippen LogP contribution is -2.43. The number of anilines is 1. The van der Waals surface area contributed by atoms with Crippen molar-refractivity contribution < 1.29 is 13.6 Å². The molecule has 0 unspecified atom stereocenters. The number of rotatable bonds is 4. The second-order valence-corrected chi connectivity index (χ2v) is 5.61. The first-order valence-corrected chi connectivity index (χ1v) is 7.73. The molecule has 0 aliphatic carbocycles. The SMILES string of the molecule is O=C(NCc1ccco1)[C@H]1CCCN1c1nc2ccccc2o1. The van der Waals surface area contributed by atoms with Gasteiger partial charge in [0.05, 0.1) is 12.8 Å². The molecular weight excluding hydrogens is 294 g/mol. The highest BCUT2D eigenvalue weighted by Gasteiger charge is 2.33. The van der Waals surface area contributed by atoms with E-state index in [2.05, 4.69) is 10.3 Å². The highest BCUT2D eigenvalue weighted by Crippen LogP contribution is 2.28. The summed E-state index contributed by atoms with van der Waals surface area (Å²) in [5.41, 5.74) is 1.55. The summed E-state index contributed by atoms with van der Waals surface area (Å²) in [7, 11) is 0. The maximum Gasteiger partial charge on any atom is 0.299 e. The maximum absolute atomic E-state index is 12.5. The Morgan fingerprint density at radius 1 is 1.30 bits per heavy atom. The minimum absolute atomic E-state index is 0.0267. The fraction of sp³-hybridized carbons (Fsp3) is 0.294. The van der Waals surface area contributed by atoms with Crippen molar-refractivity contribution in [3.05, 3.63) is 48.4 Å². The summed E-state index contributed by atoms with van der Waals surface area (Å²) in [5, 5.41) is 2.92. The molecular formula is C17H17N3O3. The lowest BCUT2D eigenvalue weighted by Gasteiger charge is -2.21. The molecule has 1 saturated heterocycles. The smallest absolute Gasteiger partial charge is 0.299 e. The molecule has 4 rings (SSSR count). The Morgan fingerprint density at radius 3 is 3.04 bits per heavy atom. The third kappa shape index (κ3) is 2.67. The highest BCUT2D eigenvalue weighted by molar-refractivity contribution is 5.85. The first kappa shape index (κ1) is 13.9. The average Bonchev–Trinajstić information content (AvgIpc) is 3.31. The van der Waals surface area contributed by atoms with Gasteiger partial charge in [0.1, 0.15) is 17.3 Å². The maximum atomic E-state index is 12.5. The van der Waals surface area contributed by atoms with E-state index in [0.29, 0.717) is 12.6 Å². The normalized spacial score (nSPS) is 17.7. The average molecular weight is 311 g/mol. The van der Waals surface area contributed by atoms with Crippen LogP contribution in [0.25, 0.3) is 11.1 Å². The van der Waals surface area contributed by atoms with Crippen LogP contribution in [-0.4, -0.2) is 23.5 Å². The molecule has 0 radical (unpaired) electrons. The van der Waals surface area contributed by atoms with E-state index >= 15 is 0 Å². The lowest BCUT2D eigenvalue weighted by atomic mass is 10.2. The van der Waals surface area contributed by atoms with E-state index in [1.54, 1.807) is 6.26 Å². The number of para-hydroxylation sites is 2. The number of benzene rings is 1. The van der Waals surface area contributed by atoms with Gasteiger partial charge in [0.15, 0.2) is 5.58 Å². The van der Waals surface area contributed by atoms with Crippen LogP contribution in [0.2, 0.25) is 0 Å². The Bertz CT molecular complexity index is 776. The molecule has 118 valence electrons. The van der Waals surface area contributed by atoms with Crippen LogP contribution in [0.15, 0.2) is 51.5 Å². The van der Waals surface area contributed by atoms with Crippen molar-refractivity contribution in [3.8, 4) is 0 Å². The Hall–Kier alpha value is -2.76. The number of hydrogen-bond donors (Lipinski definition) is 1. The number of hydrogen-bond acceptors (Lipinski definition) is 5. The molecule has 1 amide bonds. The van der Waals surface area contributed by atoms with Crippen LogP contribution >= 0.6 is 0 Å². The predicted molar refractivity (Wildman–Crippen MR) is 84.9 cm³/mol. The summed E-state index contributed by atoms with van der Waals surface area (Å²) < 4.78 is 11.0. The summed E-state index contributed by atoms with van der Waals surface area (Å²) in [6, 6.07) is 11.5. The van der Waals surface area contributed by atoms with Crippen molar-refractivity contribution in [2.45, 2.75) is 25.4 Å². The van der Waals surface area contributed by atoms with E-state index < -0.39 is 0 Å². The molecule has 1 aliphatic rings. The first-order valence-electron chi connectivity index (χ1n) is 7.73. The second kappa shape index (κ2) is 5.79. The van der Waals surface area contributed by atoms with Crippen LogP contribution in [0.3, 0.4) is 0 Å². The summed E-state index contributed by atoms with van der Waals surface area (Å²) >= 11 is 0. The van der Waals surface area contributed by atoms with Gasteiger partial charge < -0.3 is 19.1 Å². The number of fused-ring (bicyclic) bond motifs is 1. The van der Waals surface area contributed by atoms with Crippen molar-refractivity contribution in [3.63, 3.8) is 0 Å². The van der Waals surface area contributed by atoms with Gasteiger partial charge in [0, 0.05) is 6.54 Å². The molecule has 1 N–H and O–H groups in total. The van der Waals surface area contributed by atoms with E-state index in [9.17, 15) is 4.79 Å². The summed E-state index contributed by atoms with van der Waals surface area (Å²) in [5.74, 6) is 0.714. The van der Waals surface area contributed by atoms with Gasteiger partial charge in [-0.1, -0.05) is 12.1 Å². The Morgan fingerprint density at radius 2 is 2.22 bits per heavy atom. The molecule has 0 bridgehead atoms. The van der Waals surface area contributed by atoms with Crippen LogP contribution < -0.4 is 10.2 Å². The number of carbonyl (C=O) groups is 1. The molecule has 1 aliphatic heterocycles. The van der Waals surface area contributed by atoms with Crippen LogP contribution in [0, 0.1) is 0 Å². The van der Waals surface area contributed by atoms with Gasteiger partial charge in [-0.15, -0.1) is 0 Å². The van der Waals surface area contributed by atoms with Crippen LogP contribution in [0.1, 0.15) is 18.6 Å². The number of furan rings is 1. The number of amides is 1. The van der Waals surface area contributed by atoms with Crippen molar-refractivity contribution in [2.75, 3.05) is 11.4 Å². The molecule has 3 aromatic rings. The van der Waals surface area contributed by atoms with Gasteiger partial charge in [-0.3, -0.25) is 4.79 Å². The molecule has 6 nitrogen and oxygen atoms in total. The Kier molecular flexibility index (Phi) is 3.49. The lowest BCUT2D eigenvalue weighted by molar-refractivity contribution is -0.122. The largest absolute Gasteiger partial charge is 0.467 e. The number of nitrogens with zero attached hydrogens (tertiary/aromatic N) is 2. The zero-order chi connectivity index (χ0) is 15.6. The second-order valence-electron chi connectivity index (χ2n) is 5.61. The third-order valence-electron chi connectivity index (χ3n) is 4.10. The zero-order valence-electron chi connectivity index (χ0n) is 12.6. The van der Waals surface area contributed by atoms with Gasteiger partial charge in [-0.2, -0.15) is 4.98 Å².